The zero-order valence-corrected chi connectivity index (χ0v) is 13.2. The Kier molecular flexibility index (Phi) is 3.78. The summed E-state index contributed by atoms with van der Waals surface area (Å²) in [7, 11) is 0. The molecular weight excluding hydrogens is 319 g/mol. The summed E-state index contributed by atoms with van der Waals surface area (Å²) in [5.74, 6) is 0.122. The van der Waals surface area contributed by atoms with Crippen LogP contribution in [0.25, 0.3) is 0 Å². The number of carbonyl (C=O) groups excluding carboxylic acids is 1. The second-order valence-corrected chi connectivity index (χ2v) is 6.36. The van der Waals surface area contributed by atoms with Gasteiger partial charge in [-0.25, -0.2) is 0 Å². The summed E-state index contributed by atoms with van der Waals surface area (Å²) in [6.45, 7) is 3.87. The number of halogens is 3. The highest BCUT2D eigenvalue weighted by Gasteiger charge is 2.33. The van der Waals surface area contributed by atoms with Gasteiger partial charge in [-0.05, 0) is 49.7 Å². The Morgan fingerprint density at radius 1 is 1.12 bits per heavy atom. The summed E-state index contributed by atoms with van der Waals surface area (Å²) >= 11 is 0. The lowest BCUT2D eigenvalue weighted by Crippen LogP contribution is -2.25. The highest BCUT2D eigenvalue weighted by atomic mass is 19.4. The highest BCUT2D eigenvalue weighted by molar-refractivity contribution is 6.06. The molecule has 0 atom stereocenters. The normalized spacial score (nSPS) is 15.5. The van der Waals surface area contributed by atoms with E-state index in [4.69, 9.17) is 4.74 Å². The molecule has 2 aromatic rings. The van der Waals surface area contributed by atoms with Crippen molar-refractivity contribution < 1.29 is 22.7 Å². The second kappa shape index (κ2) is 5.54. The van der Waals surface area contributed by atoms with Gasteiger partial charge < -0.3 is 10.1 Å². The number of ether oxygens (including phenoxy) is 1. The number of hydrogen-bond acceptors (Lipinski definition) is 2. The van der Waals surface area contributed by atoms with Gasteiger partial charge in [0.2, 0.25) is 0 Å². The quantitative estimate of drug-likeness (QED) is 0.866. The minimum Gasteiger partial charge on any atom is -0.486 e. The number of benzene rings is 2. The average molecular weight is 335 g/mol. The van der Waals surface area contributed by atoms with Gasteiger partial charge in [0.1, 0.15) is 11.4 Å². The van der Waals surface area contributed by atoms with Crippen molar-refractivity contribution in [2.24, 2.45) is 0 Å². The fourth-order valence-corrected chi connectivity index (χ4v) is 2.74. The molecule has 0 unspecified atom stereocenters. The number of alkyl halides is 3. The number of rotatable bonds is 2. The molecule has 6 heteroatoms. The van der Waals surface area contributed by atoms with Gasteiger partial charge in [0.05, 0.1) is 11.1 Å². The van der Waals surface area contributed by atoms with E-state index in [2.05, 4.69) is 5.32 Å². The first-order chi connectivity index (χ1) is 11.2. The SMILES string of the molecule is CC1(C)Cc2cccc(C(=O)Nc3ccc(C(F)(F)F)cc3)c2O1. The van der Waals surface area contributed by atoms with Gasteiger partial charge in [-0.15, -0.1) is 0 Å². The summed E-state index contributed by atoms with van der Waals surface area (Å²) < 4.78 is 43.5. The molecule has 126 valence electrons. The molecule has 1 amide bonds. The predicted octanol–water partition coefficient (Wildman–Crippen LogP) is 4.67. The topological polar surface area (TPSA) is 38.3 Å². The highest BCUT2D eigenvalue weighted by Crippen LogP contribution is 2.38. The number of anilines is 1. The van der Waals surface area contributed by atoms with E-state index in [9.17, 15) is 18.0 Å². The molecule has 24 heavy (non-hydrogen) atoms. The maximum absolute atomic E-state index is 12.6. The maximum Gasteiger partial charge on any atom is 0.416 e. The van der Waals surface area contributed by atoms with Gasteiger partial charge in [0, 0.05) is 12.1 Å². The first kappa shape index (κ1) is 16.4. The molecular formula is C18H16F3NO2. The van der Waals surface area contributed by atoms with Crippen molar-refractivity contribution in [2.75, 3.05) is 5.32 Å². The molecule has 0 saturated heterocycles. The molecule has 0 aromatic heterocycles. The zero-order chi connectivity index (χ0) is 17.5. The molecule has 0 spiro atoms. The van der Waals surface area contributed by atoms with Crippen LogP contribution in [0.15, 0.2) is 42.5 Å². The molecule has 0 bridgehead atoms. The van der Waals surface area contributed by atoms with E-state index in [-0.39, 0.29) is 5.60 Å². The Bertz CT molecular complexity index is 780. The van der Waals surface area contributed by atoms with E-state index in [1.807, 2.05) is 19.9 Å². The van der Waals surface area contributed by atoms with Gasteiger partial charge >= 0.3 is 6.18 Å². The monoisotopic (exact) mass is 335 g/mol. The van der Waals surface area contributed by atoms with Crippen LogP contribution in [-0.2, 0) is 12.6 Å². The van der Waals surface area contributed by atoms with E-state index in [0.29, 0.717) is 23.4 Å². The van der Waals surface area contributed by atoms with Gasteiger partial charge in [-0.3, -0.25) is 4.79 Å². The van der Waals surface area contributed by atoms with Crippen LogP contribution in [0.2, 0.25) is 0 Å². The molecule has 3 rings (SSSR count). The molecule has 2 aromatic carbocycles. The standard InChI is InChI=1S/C18H16F3NO2/c1-17(2)10-11-4-3-5-14(15(11)24-17)16(23)22-13-8-6-12(7-9-13)18(19,20)21/h3-9H,10H2,1-2H3,(H,22,23). The van der Waals surface area contributed by atoms with Crippen molar-refractivity contribution in [3.8, 4) is 5.75 Å². The fourth-order valence-electron chi connectivity index (χ4n) is 2.74. The summed E-state index contributed by atoms with van der Waals surface area (Å²) in [5, 5.41) is 2.61. The Morgan fingerprint density at radius 3 is 2.42 bits per heavy atom. The van der Waals surface area contributed by atoms with Crippen molar-refractivity contribution in [1.82, 2.24) is 0 Å². The van der Waals surface area contributed by atoms with Gasteiger partial charge in [-0.1, -0.05) is 12.1 Å². The summed E-state index contributed by atoms with van der Waals surface area (Å²) in [6, 6.07) is 9.64. The number of amides is 1. The minimum atomic E-state index is -4.40. The molecule has 1 aliphatic heterocycles. The lowest BCUT2D eigenvalue weighted by molar-refractivity contribution is -0.137. The Labute approximate surface area is 137 Å². The number of hydrogen-bond donors (Lipinski definition) is 1. The first-order valence-electron chi connectivity index (χ1n) is 7.45. The Morgan fingerprint density at radius 2 is 1.79 bits per heavy atom. The minimum absolute atomic E-state index is 0.294. The van der Waals surface area contributed by atoms with Crippen LogP contribution in [0, 0.1) is 0 Å². The smallest absolute Gasteiger partial charge is 0.416 e. The summed E-state index contributed by atoms with van der Waals surface area (Å²) in [5.41, 5.74) is 0.472. The van der Waals surface area contributed by atoms with E-state index >= 15 is 0 Å². The molecule has 1 N–H and O–H groups in total. The van der Waals surface area contributed by atoms with E-state index in [1.54, 1.807) is 12.1 Å². The van der Waals surface area contributed by atoms with Crippen molar-refractivity contribution in [3.63, 3.8) is 0 Å². The van der Waals surface area contributed by atoms with Gasteiger partial charge in [-0.2, -0.15) is 13.2 Å². The third-order valence-corrected chi connectivity index (χ3v) is 3.81. The fraction of sp³-hybridized carbons (Fsp3) is 0.278. The lowest BCUT2D eigenvalue weighted by atomic mass is 10.0. The van der Waals surface area contributed by atoms with E-state index in [1.165, 1.54) is 12.1 Å². The first-order valence-corrected chi connectivity index (χ1v) is 7.45. The molecule has 1 aliphatic rings. The summed E-state index contributed by atoms with van der Waals surface area (Å²) in [6.07, 6.45) is -3.70. The van der Waals surface area contributed by atoms with Gasteiger partial charge in [0.15, 0.2) is 0 Å². The lowest BCUT2D eigenvalue weighted by Gasteiger charge is -2.18. The van der Waals surface area contributed by atoms with E-state index in [0.717, 1.165) is 17.7 Å². The average Bonchev–Trinajstić information content (AvgIpc) is 2.80. The van der Waals surface area contributed by atoms with Crippen LogP contribution in [0.1, 0.15) is 35.3 Å². The third-order valence-electron chi connectivity index (χ3n) is 3.81. The molecule has 0 fully saturated rings. The van der Waals surface area contributed by atoms with Gasteiger partial charge in [0.25, 0.3) is 5.91 Å². The molecule has 0 saturated carbocycles. The van der Waals surface area contributed by atoms with Crippen LogP contribution in [0.5, 0.6) is 5.75 Å². The largest absolute Gasteiger partial charge is 0.486 e. The number of carbonyl (C=O) groups is 1. The molecule has 0 aliphatic carbocycles. The van der Waals surface area contributed by atoms with Crippen LogP contribution in [0.3, 0.4) is 0 Å². The third kappa shape index (κ3) is 3.22. The summed E-state index contributed by atoms with van der Waals surface area (Å²) in [4.78, 5) is 12.5. The number of nitrogens with one attached hydrogen (secondary N) is 1. The van der Waals surface area contributed by atoms with Crippen molar-refractivity contribution in [3.05, 3.63) is 59.2 Å². The predicted molar refractivity (Wildman–Crippen MR) is 84.3 cm³/mol. The second-order valence-electron chi connectivity index (χ2n) is 6.36. The van der Waals surface area contributed by atoms with Crippen LogP contribution < -0.4 is 10.1 Å². The number of fused-ring (bicyclic) bond motifs is 1. The number of para-hydroxylation sites is 1. The maximum atomic E-state index is 12.6. The van der Waals surface area contributed by atoms with Crippen molar-refractivity contribution in [2.45, 2.75) is 32.0 Å². The van der Waals surface area contributed by atoms with Crippen LogP contribution >= 0.6 is 0 Å². The molecule has 1 heterocycles. The van der Waals surface area contributed by atoms with Crippen molar-refractivity contribution >= 4 is 11.6 Å². The Balaban J connectivity index is 1.81. The zero-order valence-electron chi connectivity index (χ0n) is 13.2. The van der Waals surface area contributed by atoms with E-state index < -0.39 is 17.6 Å². The Hall–Kier alpha value is -2.50. The molecule has 3 nitrogen and oxygen atoms in total. The van der Waals surface area contributed by atoms with Crippen LogP contribution in [-0.4, -0.2) is 11.5 Å². The van der Waals surface area contributed by atoms with Crippen molar-refractivity contribution in [1.29, 1.82) is 0 Å². The molecule has 0 radical (unpaired) electrons. The van der Waals surface area contributed by atoms with Crippen LogP contribution in [0.4, 0.5) is 18.9 Å².